The third-order valence-electron chi connectivity index (χ3n) is 5.01. The van der Waals surface area contributed by atoms with Gasteiger partial charge in [-0.3, -0.25) is 0 Å². The maximum atomic E-state index is 5.67. The highest BCUT2D eigenvalue weighted by Crippen LogP contribution is 2.37. The summed E-state index contributed by atoms with van der Waals surface area (Å²) in [6.45, 7) is 4.37. The third kappa shape index (κ3) is 4.36. The van der Waals surface area contributed by atoms with E-state index in [-0.39, 0.29) is 0 Å². The van der Waals surface area contributed by atoms with E-state index in [2.05, 4.69) is 47.4 Å². The zero-order chi connectivity index (χ0) is 20.9. The molecule has 0 atom stereocenters. The lowest BCUT2D eigenvalue weighted by Gasteiger charge is -2.28. The molecule has 1 fully saturated rings. The molecule has 0 saturated carbocycles. The van der Waals surface area contributed by atoms with E-state index in [1.54, 1.807) is 20.4 Å². The van der Waals surface area contributed by atoms with Crippen LogP contribution in [0.4, 0.5) is 23.1 Å². The second kappa shape index (κ2) is 9.36. The molecule has 8 nitrogen and oxygen atoms in total. The Hall–Kier alpha value is -2.78. The number of nitrogens with zero attached hydrogens (tertiary/aromatic N) is 4. The standard InChI is InChI=1S/C21H25BrN6O2/c1-29-17-13-15(6-7-16(17)28-10-4-3-5-19(28)22)25-20-18(30-2)14-24-21(26-20)27-11-8-23-9-12-27/h3-7,13-14,23H,8-12H2,1-2H3,(H,24,25,26). The summed E-state index contributed by atoms with van der Waals surface area (Å²) in [5, 5.41) is 6.70. The predicted molar refractivity (Wildman–Crippen MR) is 123 cm³/mol. The second-order valence-electron chi connectivity index (χ2n) is 6.86. The van der Waals surface area contributed by atoms with E-state index < -0.39 is 0 Å². The summed E-state index contributed by atoms with van der Waals surface area (Å²) in [6.07, 6.45) is 7.85. The molecule has 0 aliphatic carbocycles. The zero-order valence-electron chi connectivity index (χ0n) is 17.1. The average molecular weight is 473 g/mol. The normalized spacial score (nSPS) is 16.3. The van der Waals surface area contributed by atoms with Gasteiger partial charge in [0.1, 0.15) is 5.75 Å². The van der Waals surface area contributed by atoms with Crippen molar-refractivity contribution in [3.8, 4) is 11.5 Å². The number of allylic oxidation sites excluding steroid dienone is 2. The van der Waals surface area contributed by atoms with E-state index in [0.717, 1.165) is 54.5 Å². The molecule has 2 N–H and O–H groups in total. The first kappa shape index (κ1) is 20.5. The summed E-state index contributed by atoms with van der Waals surface area (Å²) in [4.78, 5) is 13.5. The number of hydrogen-bond donors (Lipinski definition) is 2. The van der Waals surface area contributed by atoms with Crippen molar-refractivity contribution in [2.75, 3.05) is 62.1 Å². The molecule has 30 heavy (non-hydrogen) atoms. The monoisotopic (exact) mass is 472 g/mol. The van der Waals surface area contributed by atoms with Gasteiger partial charge in [-0.2, -0.15) is 4.98 Å². The van der Waals surface area contributed by atoms with E-state index in [9.17, 15) is 0 Å². The van der Waals surface area contributed by atoms with Gasteiger partial charge >= 0.3 is 0 Å². The average Bonchev–Trinajstić information content (AvgIpc) is 2.80. The fourth-order valence-corrected chi connectivity index (χ4v) is 3.93. The van der Waals surface area contributed by atoms with E-state index in [1.807, 2.05) is 30.4 Å². The van der Waals surface area contributed by atoms with Gasteiger partial charge in [-0.25, -0.2) is 4.98 Å². The Bertz CT molecular complexity index is 959. The van der Waals surface area contributed by atoms with Gasteiger partial charge in [-0.15, -0.1) is 0 Å². The molecule has 0 radical (unpaired) electrons. The number of nitrogens with one attached hydrogen (secondary N) is 2. The molecule has 1 aromatic heterocycles. The topological polar surface area (TPSA) is 74.8 Å². The lowest BCUT2D eigenvalue weighted by atomic mass is 10.2. The Morgan fingerprint density at radius 1 is 1.13 bits per heavy atom. The van der Waals surface area contributed by atoms with Gasteiger partial charge in [-0.1, -0.05) is 12.2 Å². The van der Waals surface area contributed by atoms with Crippen LogP contribution in [0.5, 0.6) is 11.5 Å². The number of methoxy groups -OCH3 is 2. The van der Waals surface area contributed by atoms with Crippen molar-refractivity contribution in [2.45, 2.75) is 0 Å². The molecule has 2 aliphatic heterocycles. The summed E-state index contributed by atoms with van der Waals surface area (Å²) in [7, 11) is 3.29. The van der Waals surface area contributed by atoms with Crippen LogP contribution in [0.2, 0.25) is 0 Å². The van der Waals surface area contributed by atoms with Crippen molar-refractivity contribution < 1.29 is 9.47 Å². The first-order valence-corrected chi connectivity index (χ1v) is 10.6. The molecular weight excluding hydrogens is 448 g/mol. The molecule has 1 aromatic carbocycles. The molecule has 3 heterocycles. The van der Waals surface area contributed by atoms with Crippen LogP contribution in [-0.4, -0.2) is 56.9 Å². The Balaban J connectivity index is 1.60. The number of halogens is 1. The number of piperazine rings is 1. The number of anilines is 4. The molecule has 0 spiro atoms. The van der Waals surface area contributed by atoms with Crippen LogP contribution < -0.4 is 29.9 Å². The SMILES string of the molecule is COc1cc(Nc2nc(N3CCNCC3)ncc2OC)ccc1N1CC=CC=C1Br. The van der Waals surface area contributed by atoms with Gasteiger partial charge in [0.05, 0.1) is 30.7 Å². The molecule has 1 saturated heterocycles. The fraction of sp³-hybridized carbons (Fsp3) is 0.333. The Morgan fingerprint density at radius 3 is 2.67 bits per heavy atom. The maximum absolute atomic E-state index is 5.67. The Kier molecular flexibility index (Phi) is 6.39. The number of rotatable bonds is 6. The van der Waals surface area contributed by atoms with Crippen molar-refractivity contribution >= 4 is 39.1 Å². The van der Waals surface area contributed by atoms with Crippen LogP contribution in [0.15, 0.2) is 47.2 Å². The fourth-order valence-electron chi connectivity index (χ4n) is 3.44. The summed E-state index contributed by atoms with van der Waals surface area (Å²) >= 11 is 3.61. The van der Waals surface area contributed by atoms with Gasteiger partial charge in [0.2, 0.25) is 5.95 Å². The molecular formula is C21H25BrN6O2. The van der Waals surface area contributed by atoms with Crippen LogP contribution in [0.25, 0.3) is 0 Å². The van der Waals surface area contributed by atoms with E-state index >= 15 is 0 Å². The molecule has 158 valence electrons. The highest BCUT2D eigenvalue weighted by molar-refractivity contribution is 9.11. The largest absolute Gasteiger partial charge is 0.494 e. The van der Waals surface area contributed by atoms with Gasteiger partial charge in [0.25, 0.3) is 0 Å². The zero-order valence-corrected chi connectivity index (χ0v) is 18.6. The highest BCUT2D eigenvalue weighted by atomic mass is 79.9. The third-order valence-corrected chi connectivity index (χ3v) is 5.70. The minimum Gasteiger partial charge on any atom is -0.494 e. The van der Waals surface area contributed by atoms with Gasteiger partial charge in [0.15, 0.2) is 11.6 Å². The molecule has 2 aromatic rings. The smallest absolute Gasteiger partial charge is 0.227 e. The lowest BCUT2D eigenvalue weighted by Crippen LogP contribution is -2.44. The van der Waals surface area contributed by atoms with Gasteiger partial charge < -0.3 is 29.9 Å². The number of hydrogen-bond acceptors (Lipinski definition) is 8. The molecule has 0 amide bonds. The summed E-state index contributed by atoms with van der Waals surface area (Å²) in [6, 6.07) is 5.99. The van der Waals surface area contributed by atoms with E-state index in [1.165, 1.54) is 0 Å². The van der Waals surface area contributed by atoms with Crippen molar-refractivity contribution in [1.82, 2.24) is 15.3 Å². The summed E-state index contributed by atoms with van der Waals surface area (Å²) < 4.78 is 12.1. The Morgan fingerprint density at radius 2 is 1.93 bits per heavy atom. The van der Waals surface area contributed by atoms with E-state index in [4.69, 9.17) is 14.5 Å². The summed E-state index contributed by atoms with van der Waals surface area (Å²) in [5.41, 5.74) is 1.83. The van der Waals surface area contributed by atoms with Crippen molar-refractivity contribution in [3.05, 3.63) is 47.2 Å². The van der Waals surface area contributed by atoms with Gasteiger partial charge in [0, 0.05) is 44.5 Å². The molecule has 9 heteroatoms. The summed E-state index contributed by atoms with van der Waals surface area (Å²) in [5.74, 6) is 2.66. The first-order chi connectivity index (χ1) is 14.7. The number of aromatic nitrogens is 2. The maximum Gasteiger partial charge on any atom is 0.227 e. The van der Waals surface area contributed by atoms with Crippen LogP contribution in [0.1, 0.15) is 0 Å². The van der Waals surface area contributed by atoms with Crippen LogP contribution in [-0.2, 0) is 0 Å². The second-order valence-corrected chi connectivity index (χ2v) is 7.68. The van der Waals surface area contributed by atoms with E-state index in [0.29, 0.717) is 17.5 Å². The van der Waals surface area contributed by atoms with Crippen molar-refractivity contribution in [1.29, 1.82) is 0 Å². The molecule has 4 rings (SSSR count). The van der Waals surface area contributed by atoms with Crippen LogP contribution >= 0.6 is 15.9 Å². The van der Waals surface area contributed by atoms with Crippen molar-refractivity contribution in [2.24, 2.45) is 0 Å². The van der Waals surface area contributed by atoms with Crippen molar-refractivity contribution in [3.63, 3.8) is 0 Å². The molecule has 0 bridgehead atoms. The minimum absolute atomic E-state index is 0.587. The van der Waals surface area contributed by atoms with Crippen LogP contribution in [0, 0.1) is 0 Å². The first-order valence-electron chi connectivity index (χ1n) is 9.81. The predicted octanol–water partition coefficient (Wildman–Crippen LogP) is 3.26. The minimum atomic E-state index is 0.587. The highest BCUT2D eigenvalue weighted by Gasteiger charge is 2.18. The lowest BCUT2D eigenvalue weighted by molar-refractivity contribution is 0.412. The molecule has 2 aliphatic rings. The molecule has 0 unspecified atom stereocenters. The Labute approximate surface area is 184 Å². The quantitative estimate of drug-likeness (QED) is 0.620. The number of benzene rings is 1. The van der Waals surface area contributed by atoms with Crippen LogP contribution in [0.3, 0.4) is 0 Å². The van der Waals surface area contributed by atoms with Gasteiger partial charge in [-0.05, 0) is 34.1 Å². The number of ether oxygens (including phenoxy) is 2.